The average molecular weight is 549 g/mol. The summed E-state index contributed by atoms with van der Waals surface area (Å²) in [5, 5.41) is 10.8. The minimum absolute atomic E-state index is 0.233. The van der Waals surface area contributed by atoms with Crippen molar-refractivity contribution >= 4 is 0 Å². The highest BCUT2D eigenvalue weighted by Crippen LogP contribution is 2.43. The van der Waals surface area contributed by atoms with E-state index >= 15 is 4.39 Å². The van der Waals surface area contributed by atoms with Gasteiger partial charge in [0.1, 0.15) is 29.3 Å². The maximum Gasteiger partial charge on any atom is 0.330 e. The van der Waals surface area contributed by atoms with E-state index < -0.39 is 41.5 Å². The standard InChI is InChI=1S/C30H29FN2O7/c1-37-22-12-8-20(9-13-22)30(19-6-4-3-5-7-19,21-10-14-23(38-2)15-11-21)39-18-24-27(35)26(31)28(40-24)33-17-16-25(34)32-29(33)36/h3-17,24,26-28,35H,18H2,1-2H3,(H,32,34,36)/t24-,26-,27-,28+/m1/s1. The molecule has 9 nitrogen and oxygen atoms in total. The Bertz CT molecular complexity index is 1490. The summed E-state index contributed by atoms with van der Waals surface area (Å²) in [5.41, 5.74) is -0.389. The first kappa shape index (κ1) is 27.3. The number of benzene rings is 3. The van der Waals surface area contributed by atoms with E-state index in [-0.39, 0.29) is 6.61 Å². The van der Waals surface area contributed by atoms with Gasteiger partial charge >= 0.3 is 5.69 Å². The molecule has 5 rings (SSSR count). The second-order valence-corrected chi connectivity index (χ2v) is 9.33. The number of methoxy groups -OCH3 is 2. The molecule has 1 aromatic heterocycles. The second kappa shape index (κ2) is 11.5. The lowest BCUT2D eigenvalue weighted by Gasteiger charge is -2.37. The summed E-state index contributed by atoms with van der Waals surface area (Å²) in [6.45, 7) is -0.233. The van der Waals surface area contributed by atoms with Crippen LogP contribution in [-0.2, 0) is 15.1 Å². The van der Waals surface area contributed by atoms with Crippen molar-refractivity contribution in [3.63, 3.8) is 0 Å². The van der Waals surface area contributed by atoms with Gasteiger partial charge in [0.15, 0.2) is 12.4 Å². The number of hydrogen-bond acceptors (Lipinski definition) is 7. The Labute approximate surface area is 229 Å². The number of H-pyrrole nitrogens is 1. The minimum Gasteiger partial charge on any atom is -0.497 e. The summed E-state index contributed by atoms with van der Waals surface area (Å²) < 4.78 is 39.4. The average Bonchev–Trinajstić information content (AvgIpc) is 3.27. The molecular weight excluding hydrogens is 519 g/mol. The zero-order valence-corrected chi connectivity index (χ0v) is 21.9. The van der Waals surface area contributed by atoms with Gasteiger partial charge in [0.25, 0.3) is 5.56 Å². The first-order valence-corrected chi connectivity index (χ1v) is 12.6. The van der Waals surface area contributed by atoms with Crippen LogP contribution < -0.4 is 20.7 Å². The second-order valence-electron chi connectivity index (χ2n) is 9.33. The fraction of sp³-hybridized carbons (Fsp3) is 0.267. The van der Waals surface area contributed by atoms with Gasteiger partial charge < -0.3 is 24.1 Å². The Balaban J connectivity index is 1.56. The van der Waals surface area contributed by atoms with E-state index in [0.29, 0.717) is 11.5 Å². The Morgan fingerprint density at radius 3 is 1.95 bits per heavy atom. The Kier molecular flexibility index (Phi) is 7.83. The summed E-state index contributed by atoms with van der Waals surface area (Å²) in [6, 6.07) is 25.4. The molecule has 10 heteroatoms. The predicted octanol–water partition coefficient (Wildman–Crippen LogP) is 3.16. The van der Waals surface area contributed by atoms with E-state index in [4.69, 9.17) is 18.9 Å². The van der Waals surface area contributed by atoms with Crippen molar-refractivity contribution < 1.29 is 28.4 Å². The van der Waals surface area contributed by atoms with Crippen molar-refractivity contribution in [1.29, 1.82) is 0 Å². The lowest BCUT2D eigenvalue weighted by molar-refractivity contribution is -0.0950. The van der Waals surface area contributed by atoms with Crippen LogP contribution in [0.4, 0.5) is 4.39 Å². The summed E-state index contributed by atoms with van der Waals surface area (Å²) >= 11 is 0. The third kappa shape index (κ3) is 5.04. The highest BCUT2D eigenvalue weighted by Gasteiger charge is 2.47. The molecule has 208 valence electrons. The van der Waals surface area contributed by atoms with E-state index in [1.54, 1.807) is 14.2 Å². The molecule has 0 unspecified atom stereocenters. The zero-order chi connectivity index (χ0) is 28.3. The molecule has 3 aromatic carbocycles. The van der Waals surface area contributed by atoms with Crippen LogP contribution >= 0.6 is 0 Å². The van der Waals surface area contributed by atoms with Crippen molar-refractivity contribution in [2.24, 2.45) is 0 Å². The van der Waals surface area contributed by atoms with Gasteiger partial charge in [-0.1, -0.05) is 54.6 Å². The zero-order valence-electron chi connectivity index (χ0n) is 21.9. The van der Waals surface area contributed by atoms with Crippen molar-refractivity contribution in [3.05, 3.63) is 129 Å². The Morgan fingerprint density at radius 2 is 1.43 bits per heavy atom. The van der Waals surface area contributed by atoms with Crippen molar-refractivity contribution in [1.82, 2.24) is 9.55 Å². The highest BCUT2D eigenvalue weighted by atomic mass is 19.1. The minimum atomic E-state index is -1.94. The summed E-state index contributed by atoms with van der Waals surface area (Å²) in [7, 11) is 3.16. The van der Waals surface area contributed by atoms with Gasteiger partial charge in [0, 0.05) is 12.3 Å². The van der Waals surface area contributed by atoms with Gasteiger partial charge in [0.05, 0.1) is 20.8 Å². The molecule has 0 amide bonds. The molecule has 2 N–H and O–H groups in total. The van der Waals surface area contributed by atoms with E-state index in [9.17, 15) is 14.7 Å². The van der Waals surface area contributed by atoms with Crippen LogP contribution in [0.3, 0.4) is 0 Å². The monoisotopic (exact) mass is 548 g/mol. The molecule has 1 aliphatic rings. The van der Waals surface area contributed by atoms with Gasteiger partial charge in [-0.05, 0) is 41.0 Å². The summed E-state index contributed by atoms with van der Waals surface area (Å²) in [5.74, 6) is 1.31. The third-order valence-corrected chi connectivity index (χ3v) is 7.06. The van der Waals surface area contributed by atoms with Gasteiger partial charge in [-0.2, -0.15) is 0 Å². The molecule has 4 atom stereocenters. The van der Waals surface area contributed by atoms with Gasteiger partial charge in [-0.15, -0.1) is 0 Å². The maximum atomic E-state index is 15.2. The molecule has 2 heterocycles. The quantitative estimate of drug-likeness (QED) is 0.309. The molecule has 1 saturated heterocycles. The normalized spacial score (nSPS) is 20.8. The van der Waals surface area contributed by atoms with E-state index in [1.165, 1.54) is 0 Å². The van der Waals surface area contributed by atoms with Crippen LogP contribution in [0.2, 0.25) is 0 Å². The van der Waals surface area contributed by atoms with E-state index in [2.05, 4.69) is 4.98 Å². The van der Waals surface area contributed by atoms with Crippen molar-refractivity contribution in [2.75, 3.05) is 20.8 Å². The number of aliphatic hydroxyl groups excluding tert-OH is 1. The molecule has 0 saturated carbocycles. The molecule has 0 aliphatic carbocycles. The lowest BCUT2D eigenvalue weighted by Crippen LogP contribution is -2.39. The number of aliphatic hydroxyl groups is 1. The number of nitrogens with one attached hydrogen (secondary N) is 1. The molecule has 0 bridgehead atoms. The van der Waals surface area contributed by atoms with Crippen molar-refractivity contribution in [2.45, 2.75) is 30.2 Å². The molecule has 40 heavy (non-hydrogen) atoms. The number of nitrogens with zero attached hydrogens (tertiary/aromatic N) is 1. The van der Waals surface area contributed by atoms with Gasteiger partial charge in [-0.25, -0.2) is 9.18 Å². The first-order valence-electron chi connectivity index (χ1n) is 12.6. The topological polar surface area (TPSA) is 112 Å². The molecule has 0 radical (unpaired) electrons. The fourth-order valence-electron chi connectivity index (χ4n) is 4.97. The van der Waals surface area contributed by atoms with Crippen LogP contribution in [0.15, 0.2) is 101 Å². The van der Waals surface area contributed by atoms with E-state index in [0.717, 1.165) is 33.5 Å². The summed E-state index contributed by atoms with van der Waals surface area (Å²) in [6.07, 6.45) is -4.97. The SMILES string of the molecule is COc1ccc(C(OC[C@H]2O[C@H](n3ccc(=O)[nH]c3=O)[C@H](F)[C@@H]2O)(c2ccccc2)c2ccc(OC)cc2)cc1. The van der Waals surface area contributed by atoms with Gasteiger partial charge in [0.2, 0.25) is 0 Å². The van der Waals surface area contributed by atoms with Crippen LogP contribution in [0.5, 0.6) is 11.5 Å². The van der Waals surface area contributed by atoms with Crippen LogP contribution in [0.1, 0.15) is 22.9 Å². The molecule has 1 fully saturated rings. The molecule has 1 aliphatic heterocycles. The van der Waals surface area contributed by atoms with Crippen LogP contribution in [-0.4, -0.2) is 53.9 Å². The van der Waals surface area contributed by atoms with Gasteiger partial charge in [-0.3, -0.25) is 14.3 Å². The number of hydrogen-bond donors (Lipinski definition) is 2. The highest BCUT2D eigenvalue weighted by molar-refractivity contribution is 5.49. The van der Waals surface area contributed by atoms with Crippen molar-refractivity contribution in [3.8, 4) is 11.5 Å². The predicted molar refractivity (Wildman–Crippen MR) is 144 cm³/mol. The molecular formula is C30H29FN2O7. The molecule has 4 aromatic rings. The maximum absolute atomic E-state index is 15.2. The van der Waals surface area contributed by atoms with Crippen LogP contribution in [0, 0.1) is 0 Å². The molecule has 0 spiro atoms. The number of aromatic amines is 1. The smallest absolute Gasteiger partial charge is 0.330 e. The fourth-order valence-corrected chi connectivity index (χ4v) is 4.97. The van der Waals surface area contributed by atoms with E-state index in [1.807, 2.05) is 78.9 Å². The Hall–Kier alpha value is -4.25. The number of ether oxygens (including phenoxy) is 4. The number of halogens is 1. The van der Waals surface area contributed by atoms with Crippen LogP contribution in [0.25, 0.3) is 0 Å². The lowest BCUT2D eigenvalue weighted by atomic mass is 9.80. The third-order valence-electron chi connectivity index (χ3n) is 7.06. The number of rotatable bonds is 9. The number of aromatic nitrogens is 2. The Morgan fingerprint density at radius 1 is 0.875 bits per heavy atom. The first-order chi connectivity index (χ1) is 19.4. The largest absolute Gasteiger partial charge is 0.497 e. The number of alkyl halides is 1. The summed E-state index contributed by atoms with van der Waals surface area (Å²) in [4.78, 5) is 25.8.